The van der Waals surface area contributed by atoms with E-state index in [2.05, 4.69) is 33.1 Å². The first-order valence-corrected chi connectivity index (χ1v) is 11.3. The molecule has 10 heteroatoms. The number of carbonyl (C=O) groups is 2. The number of thioether (sulfide) groups is 1. The summed E-state index contributed by atoms with van der Waals surface area (Å²) in [6.07, 6.45) is 1.01. The minimum Gasteiger partial charge on any atom is -0.360 e. The van der Waals surface area contributed by atoms with Crippen LogP contribution in [0.1, 0.15) is 23.0 Å². The van der Waals surface area contributed by atoms with Crippen molar-refractivity contribution in [2.45, 2.75) is 17.7 Å². The van der Waals surface area contributed by atoms with Gasteiger partial charge < -0.3 is 16.0 Å². The topological polar surface area (TPSA) is 96.0 Å². The van der Waals surface area contributed by atoms with Gasteiger partial charge in [0.25, 0.3) is 5.91 Å². The summed E-state index contributed by atoms with van der Waals surface area (Å²) in [5, 5.41) is 19.5. The van der Waals surface area contributed by atoms with Crippen LogP contribution in [0.15, 0.2) is 46.1 Å². The molecule has 3 aromatic rings. The van der Waals surface area contributed by atoms with Crippen LogP contribution in [0.3, 0.4) is 0 Å². The first kappa shape index (κ1) is 20.3. The second-order valence-corrected chi connectivity index (χ2v) is 8.79. The maximum atomic E-state index is 12.1. The van der Waals surface area contributed by atoms with E-state index in [-0.39, 0.29) is 17.6 Å². The van der Waals surface area contributed by atoms with Gasteiger partial charge in [-0.25, -0.2) is 0 Å². The fourth-order valence-corrected chi connectivity index (χ4v) is 4.33. The Hall–Kier alpha value is -2.43. The molecule has 0 bridgehead atoms. The maximum absolute atomic E-state index is 12.1. The van der Waals surface area contributed by atoms with E-state index in [4.69, 9.17) is 0 Å². The van der Waals surface area contributed by atoms with Crippen molar-refractivity contribution in [2.24, 2.45) is 0 Å². The molecule has 0 unspecified atom stereocenters. The molecular weight excluding hydrogens is 414 g/mol. The summed E-state index contributed by atoms with van der Waals surface area (Å²) in [6.45, 7) is 2.93. The number of hydrogen-bond donors (Lipinski definition) is 3. The molecule has 0 aliphatic rings. The van der Waals surface area contributed by atoms with Crippen molar-refractivity contribution in [3.05, 3.63) is 46.7 Å². The van der Waals surface area contributed by atoms with Gasteiger partial charge in [-0.3, -0.25) is 9.59 Å². The van der Waals surface area contributed by atoms with E-state index in [0.717, 1.165) is 22.4 Å². The largest absolute Gasteiger partial charge is 0.360 e. The van der Waals surface area contributed by atoms with E-state index in [1.165, 1.54) is 34.4 Å². The highest BCUT2D eigenvalue weighted by Crippen LogP contribution is 2.25. The molecule has 3 N–H and O–H groups in total. The lowest BCUT2D eigenvalue weighted by molar-refractivity contribution is -0.113. The highest BCUT2D eigenvalue weighted by molar-refractivity contribution is 8.01. The molecule has 0 fully saturated rings. The summed E-state index contributed by atoms with van der Waals surface area (Å²) in [5.41, 5.74) is 1.34. The predicted octanol–water partition coefficient (Wildman–Crippen LogP) is 4.40. The third-order valence-corrected chi connectivity index (χ3v) is 6.31. The Morgan fingerprint density at radius 3 is 2.50 bits per heavy atom. The van der Waals surface area contributed by atoms with Gasteiger partial charge in [-0.2, -0.15) is 0 Å². The summed E-state index contributed by atoms with van der Waals surface area (Å²) in [5.74, 6) is -0.0223. The summed E-state index contributed by atoms with van der Waals surface area (Å²) in [6, 6.07) is 10.6. The standard InChI is InChI=1S/C18H19N5O2S3/c1-2-9-19-17-22-23-18(28-17)27-11-15(24)20-12-5-7-13(8-6-12)21-16(25)14-4-3-10-26-14/h3-8,10H,2,9,11H2,1H3,(H,19,22)(H,20,24)(H,21,25). The van der Waals surface area contributed by atoms with Crippen molar-refractivity contribution in [1.29, 1.82) is 0 Å². The number of amides is 2. The lowest BCUT2D eigenvalue weighted by Gasteiger charge is -2.07. The molecule has 2 aromatic heterocycles. The first-order chi connectivity index (χ1) is 13.6. The molecule has 0 spiro atoms. The molecule has 146 valence electrons. The fraction of sp³-hybridized carbons (Fsp3) is 0.222. The SMILES string of the molecule is CCCNc1nnc(SCC(=O)Nc2ccc(NC(=O)c3cccs3)cc2)s1. The minimum absolute atomic E-state index is 0.126. The molecule has 3 rings (SSSR count). The zero-order valence-electron chi connectivity index (χ0n) is 15.1. The molecule has 2 amide bonds. The van der Waals surface area contributed by atoms with Crippen LogP contribution in [0, 0.1) is 0 Å². The van der Waals surface area contributed by atoms with Crippen molar-refractivity contribution >= 4 is 62.8 Å². The van der Waals surface area contributed by atoms with E-state index in [9.17, 15) is 9.59 Å². The van der Waals surface area contributed by atoms with Gasteiger partial charge >= 0.3 is 0 Å². The van der Waals surface area contributed by atoms with Gasteiger partial charge in [-0.05, 0) is 42.1 Å². The molecule has 0 aliphatic heterocycles. The first-order valence-electron chi connectivity index (χ1n) is 8.59. The van der Waals surface area contributed by atoms with E-state index >= 15 is 0 Å². The molecule has 0 atom stereocenters. The van der Waals surface area contributed by atoms with Crippen molar-refractivity contribution in [3.8, 4) is 0 Å². The van der Waals surface area contributed by atoms with Gasteiger partial charge in [0.1, 0.15) is 0 Å². The second-order valence-electron chi connectivity index (χ2n) is 5.65. The highest BCUT2D eigenvalue weighted by atomic mass is 32.2. The molecule has 0 saturated carbocycles. The zero-order valence-corrected chi connectivity index (χ0v) is 17.5. The van der Waals surface area contributed by atoms with Crippen molar-refractivity contribution in [1.82, 2.24) is 10.2 Å². The third-order valence-electron chi connectivity index (χ3n) is 3.43. The molecule has 28 heavy (non-hydrogen) atoms. The van der Waals surface area contributed by atoms with Gasteiger partial charge in [-0.15, -0.1) is 21.5 Å². The van der Waals surface area contributed by atoms with Gasteiger partial charge in [-0.1, -0.05) is 36.1 Å². The van der Waals surface area contributed by atoms with Gasteiger partial charge in [0, 0.05) is 17.9 Å². The Bertz CT molecular complexity index is 910. The third kappa shape index (κ3) is 6.04. The van der Waals surface area contributed by atoms with E-state index < -0.39 is 0 Å². The van der Waals surface area contributed by atoms with Crippen LogP contribution < -0.4 is 16.0 Å². The number of aromatic nitrogens is 2. The van der Waals surface area contributed by atoms with Crippen molar-refractivity contribution in [2.75, 3.05) is 28.2 Å². The van der Waals surface area contributed by atoms with Gasteiger partial charge in [0.2, 0.25) is 11.0 Å². The number of nitrogens with zero attached hydrogens (tertiary/aromatic N) is 2. The van der Waals surface area contributed by atoms with Gasteiger partial charge in [0.05, 0.1) is 10.6 Å². The van der Waals surface area contributed by atoms with Crippen LogP contribution in [-0.4, -0.2) is 34.3 Å². The summed E-state index contributed by atoms with van der Waals surface area (Å²) >= 11 is 4.17. The van der Waals surface area contributed by atoms with Crippen LogP contribution in [0.5, 0.6) is 0 Å². The predicted molar refractivity (Wildman–Crippen MR) is 117 cm³/mol. The number of hydrogen-bond acceptors (Lipinski definition) is 8. The van der Waals surface area contributed by atoms with Crippen molar-refractivity contribution in [3.63, 3.8) is 0 Å². The monoisotopic (exact) mass is 433 g/mol. The molecule has 7 nitrogen and oxygen atoms in total. The highest BCUT2D eigenvalue weighted by Gasteiger charge is 2.09. The quantitative estimate of drug-likeness (QED) is 0.433. The Kier molecular flexibility index (Phi) is 7.40. The Morgan fingerprint density at radius 1 is 1.07 bits per heavy atom. The summed E-state index contributed by atoms with van der Waals surface area (Å²) in [4.78, 5) is 24.8. The van der Waals surface area contributed by atoms with Crippen molar-refractivity contribution < 1.29 is 9.59 Å². The summed E-state index contributed by atoms with van der Waals surface area (Å²) < 4.78 is 0.750. The Labute approximate surface area is 175 Å². The minimum atomic E-state index is -0.145. The van der Waals surface area contributed by atoms with E-state index in [1.807, 2.05) is 11.4 Å². The number of carbonyl (C=O) groups excluding carboxylic acids is 2. The van der Waals surface area contributed by atoms with Crippen LogP contribution >= 0.6 is 34.4 Å². The molecule has 0 saturated heterocycles. The number of anilines is 3. The maximum Gasteiger partial charge on any atom is 0.265 e. The number of nitrogens with one attached hydrogen (secondary N) is 3. The smallest absolute Gasteiger partial charge is 0.265 e. The van der Waals surface area contributed by atoms with Crippen LogP contribution in [-0.2, 0) is 4.79 Å². The number of rotatable bonds is 9. The molecule has 2 heterocycles. The lowest BCUT2D eigenvalue weighted by Crippen LogP contribution is -2.14. The molecular formula is C18H19N5O2S3. The van der Waals surface area contributed by atoms with Crippen LogP contribution in [0.2, 0.25) is 0 Å². The molecule has 0 aliphatic carbocycles. The molecule has 0 radical (unpaired) electrons. The van der Waals surface area contributed by atoms with Gasteiger partial charge in [0.15, 0.2) is 4.34 Å². The van der Waals surface area contributed by atoms with Crippen LogP contribution in [0.25, 0.3) is 0 Å². The number of thiophene rings is 1. The summed E-state index contributed by atoms with van der Waals surface area (Å²) in [7, 11) is 0. The van der Waals surface area contributed by atoms with E-state index in [1.54, 1.807) is 30.3 Å². The average molecular weight is 434 g/mol. The van der Waals surface area contributed by atoms with Crippen LogP contribution in [0.4, 0.5) is 16.5 Å². The van der Waals surface area contributed by atoms with E-state index in [0.29, 0.717) is 16.3 Å². The lowest BCUT2D eigenvalue weighted by atomic mass is 10.2. The molecule has 1 aromatic carbocycles. The fourth-order valence-electron chi connectivity index (χ4n) is 2.13. The zero-order chi connectivity index (χ0) is 19.8. The Balaban J connectivity index is 1.45. The Morgan fingerprint density at radius 2 is 1.82 bits per heavy atom. The average Bonchev–Trinajstić information content (AvgIpc) is 3.38. The normalized spacial score (nSPS) is 10.5. The number of benzene rings is 1. The second kappa shape index (κ2) is 10.2.